The molecule has 9 rings (SSSR count). The van der Waals surface area contributed by atoms with Gasteiger partial charge in [0.2, 0.25) is 11.8 Å². The van der Waals surface area contributed by atoms with Gasteiger partial charge in [0.25, 0.3) is 0 Å². The molecule has 0 spiro atoms. The molecule has 3 aromatic carbocycles. The number of aromatic nitrogens is 5. The Morgan fingerprint density at radius 3 is 1.36 bits per heavy atom. The molecule has 2 aliphatic heterocycles. The van der Waals surface area contributed by atoms with Crippen molar-refractivity contribution in [2.24, 2.45) is 11.8 Å². The van der Waals surface area contributed by atoms with Crippen LogP contribution in [-0.2, 0) is 19.1 Å². The molecule has 0 radical (unpaired) electrons. The van der Waals surface area contributed by atoms with Crippen molar-refractivity contribution in [3.05, 3.63) is 111 Å². The van der Waals surface area contributed by atoms with Crippen LogP contribution in [0.5, 0.6) is 0 Å². The maximum absolute atomic E-state index is 13.8. The van der Waals surface area contributed by atoms with Crippen molar-refractivity contribution in [3.8, 4) is 50.7 Å². The van der Waals surface area contributed by atoms with E-state index in [0.29, 0.717) is 30.7 Å². The quantitative estimate of drug-likeness (QED) is 0.0832. The van der Waals surface area contributed by atoms with Crippen LogP contribution in [0.2, 0.25) is 0 Å². The van der Waals surface area contributed by atoms with Gasteiger partial charge in [0.15, 0.2) is 0 Å². The first-order valence-corrected chi connectivity index (χ1v) is 25.7. The molecule has 4 unspecified atom stereocenters. The molecule has 0 bridgehead atoms. The van der Waals surface area contributed by atoms with Crippen LogP contribution in [0.15, 0.2) is 94.1 Å². The predicted octanol–water partition coefficient (Wildman–Crippen LogP) is 11.1. The van der Waals surface area contributed by atoms with Crippen molar-refractivity contribution in [2.75, 3.05) is 27.3 Å². The number of hydrogen-bond donors (Lipinski definition) is 4. The molecule has 15 nitrogen and oxygen atoms in total. The van der Waals surface area contributed by atoms with Gasteiger partial charge in [-0.2, -0.15) is 0 Å². The smallest absolute Gasteiger partial charge is 0.407 e. The number of carbonyl (C=O) groups is 4. The van der Waals surface area contributed by atoms with E-state index in [2.05, 4.69) is 142 Å². The van der Waals surface area contributed by atoms with E-state index in [1.54, 1.807) is 0 Å². The van der Waals surface area contributed by atoms with Crippen LogP contribution in [0, 0.1) is 11.8 Å². The number of likely N-dealkylation sites (tertiary alicyclic amines) is 2. The van der Waals surface area contributed by atoms with Crippen molar-refractivity contribution in [1.82, 2.24) is 44.9 Å². The highest BCUT2D eigenvalue weighted by Gasteiger charge is 2.39. The number of ether oxygens (including phenoxy) is 2. The van der Waals surface area contributed by atoms with E-state index in [-0.39, 0.29) is 35.7 Å². The molecular weight excluding hydrogens is 1020 g/mol. The fourth-order valence-corrected chi connectivity index (χ4v) is 10.9. The zero-order valence-electron chi connectivity index (χ0n) is 40.2. The molecule has 366 valence electrons. The average Bonchev–Trinajstić information content (AvgIpc) is 3.86. The van der Waals surface area contributed by atoms with Crippen LogP contribution in [0.3, 0.4) is 0 Å². The number of rotatable bonds is 14. The maximum atomic E-state index is 13.8. The highest BCUT2D eigenvalue weighted by atomic mass is 79.9. The predicted molar refractivity (Wildman–Crippen MR) is 275 cm³/mol. The molecule has 70 heavy (non-hydrogen) atoms. The minimum atomic E-state index is -0.718. The Morgan fingerprint density at radius 2 is 0.986 bits per heavy atom. The molecule has 5 heterocycles. The number of nitrogens with zero attached hydrogens (tertiary/aromatic N) is 5. The molecule has 3 aliphatic rings. The zero-order chi connectivity index (χ0) is 49.4. The summed E-state index contributed by atoms with van der Waals surface area (Å²) in [7, 11) is 2.59. The number of amides is 4. The van der Waals surface area contributed by atoms with Gasteiger partial charge in [0.05, 0.1) is 37.7 Å². The SMILES string of the molecule is COC(=O)NC(C(=O)N1CCCC1c1nc(-c2ccc(-c3ccc(-c4ccc(-c5nc(C6CCCN6C(=O)C(NC(=O)OC)C(C)C)[nH]c5Br)cc4)n3-c3ccc(C4CC4)cc3)cc2)c(Br)[nH]1)C(C)C. The molecular formula is C53H59Br2N9O6. The van der Waals surface area contributed by atoms with Crippen LogP contribution < -0.4 is 10.6 Å². The van der Waals surface area contributed by atoms with E-state index in [0.717, 1.165) is 85.6 Å². The highest BCUT2D eigenvalue weighted by molar-refractivity contribution is 9.10. The minimum absolute atomic E-state index is 0.130. The van der Waals surface area contributed by atoms with Crippen LogP contribution in [-0.4, -0.2) is 97.7 Å². The van der Waals surface area contributed by atoms with E-state index in [9.17, 15) is 19.2 Å². The first kappa shape index (κ1) is 48.8. The number of halogens is 2. The molecule has 4 N–H and O–H groups in total. The second kappa shape index (κ2) is 20.6. The van der Waals surface area contributed by atoms with E-state index < -0.39 is 24.3 Å². The number of hydrogen-bond acceptors (Lipinski definition) is 8. The lowest BCUT2D eigenvalue weighted by Crippen LogP contribution is -2.51. The van der Waals surface area contributed by atoms with Crippen molar-refractivity contribution >= 4 is 55.9 Å². The first-order chi connectivity index (χ1) is 33.7. The summed E-state index contributed by atoms with van der Waals surface area (Å²) in [5.41, 5.74) is 9.88. The second-order valence-corrected chi connectivity index (χ2v) is 20.7. The summed E-state index contributed by atoms with van der Waals surface area (Å²) in [5.74, 6) is 1.44. The van der Waals surface area contributed by atoms with Gasteiger partial charge in [-0.15, -0.1) is 0 Å². The van der Waals surface area contributed by atoms with Gasteiger partial charge < -0.3 is 44.4 Å². The third kappa shape index (κ3) is 9.91. The lowest BCUT2D eigenvalue weighted by molar-refractivity contribution is -0.136. The fourth-order valence-electron chi connectivity index (χ4n) is 9.90. The number of alkyl carbamates (subject to hydrolysis) is 2. The number of imidazole rings is 2. The second-order valence-electron chi connectivity index (χ2n) is 19.1. The van der Waals surface area contributed by atoms with Crippen molar-refractivity contribution in [2.45, 2.75) is 96.3 Å². The van der Waals surface area contributed by atoms with E-state index in [1.807, 2.05) is 37.5 Å². The zero-order valence-corrected chi connectivity index (χ0v) is 43.4. The third-order valence-electron chi connectivity index (χ3n) is 13.8. The lowest BCUT2D eigenvalue weighted by Gasteiger charge is -2.29. The Labute approximate surface area is 424 Å². The van der Waals surface area contributed by atoms with Gasteiger partial charge >= 0.3 is 12.2 Å². The summed E-state index contributed by atoms with van der Waals surface area (Å²) in [5, 5.41) is 5.45. The monoisotopic (exact) mass is 1080 g/mol. The molecule has 6 aromatic rings. The van der Waals surface area contributed by atoms with Gasteiger partial charge in [-0.25, -0.2) is 19.6 Å². The molecule has 1 aliphatic carbocycles. The van der Waals surface area contributed by atoms with Crippen molar-refractivity contribution in [1.29, 1.82) is 0 Å². The standard InChI is InChI=1S/C53H59Br2N9O6/c1-29(2)42(58-52(67)69-5)50(65)62-27-7-9-40(62)48-56-44(46(54)60-48)35-17-13-33(14-18-35)38-25-26-39(64(38)37-23-21-32(22-24-37)31-11-12-31)34-15-19-36(20-16-34)45-47(55)61-49(57-45)41-10-8-28-63(41)51(66)43(30(3)4)59-53(68)70-6/h13-26,29-31,40-43H,7-12,27-28H2,1-6H3,(H,56,60)(H,57,61)(H,58,67)(H,59,68). The Morgan fingerprint density at radius 1 is 0.586 bits per heavy atom. The summed E-state index contributed by atoms with van der Waals surface area (Å²) in [4.78, 5) is 72.4. The molecule has 17 heteroatoms. The van der Waals surface area contributed by atoms with E-state index >= 15 is 0 Å². The third-order valence-corrected chi connectivity index (χ3v) is 15.0. The summed E-state index contributed by atoms with van der Waals surface area (Å²) >= 11 is 7.47. The number of carbonyl (C=O) groups excluding carboxylic acids is 4. The van der Waals surface area contributed by atoms with Gasteiger partial charge in [0, 0.05) is 29.9 Å². The molecule has 4 atom stereocenters. The number of nitrogens with one attached hydrogen (secondary N) is 4. The minimum Gasteiger partial charge on any atom is -0.453 e. The highest BCUT2D eigenvalue weighted by Crippen LogP contribution is 2.42. The number of aromatic amines is 2. The van der Waals surface area contributed by atoms with Gasteiger partial charge in [-0.05, 0) is 129 Å². The molecule has 4 amide bonds. The van der Waals surface area contributed by atoms with Crippen LogP contribution in [0.4, 0.5) is 9.59 Å². The van der Waals surface area contributed by atoms with E-state index in [4.69, 9.17) is 19.4 Å². The largest absolute Gasteiger partial charge is 0.453 e. The normalized spacial score (nSPS) is 17.8. The Bertz CT molecular complexity index is 2700. The number of benzene rings is 3. The maximum Gasteiger partial charge on any atom is 0.407 e. The summed E-state index contributed by atoms with van der Waals surface area (Å²) in [6, 6.07) is 28.1. The topological polar surface area (TPSA) is 180 Å². The average molecular weight is 1080 g/mol. The fraction of sp³-hybridized carbons (Fsp3) is 0.396. The van der Waals surface area contributed by atoms with Gasteiger partial charge in [-0.3, -0.25) is 9.59 Å². The van der Waals surface area contributed by atoms with Crippen LogP contribution in [0.25, 0.3) is 50.7 Å². The summed E-state index contributed by atoms with van der Waals surface area (Å²) in [6.45, 7) is 8.76. The Kier molecular flexibility index (Phi) is 14.4. The summed E-state index contributed by atoms with van der Waals surface area (Å²) in [6.07, 6.45) is 4.34. The molecule has 1 saturated carbocycles. The van der Waals surface area contributed by atoms with Gasteiger partial charge in [-0.1, -0.05) is 88.4 Å². The van der Waals surface area contributed by atoms with E-state index in [1.165, 1.54) is 32.6 Å². The summed E-state index contributed by atoms with van der Waals surface area (Å²) < 4.78 is 13.4. The number of methoxy groups -OCH3 is 2. The number of H-pyrrole nitrogens is 2. The Hall–Kier alpha value is -6.20. The first-order valence-electron chi connectivity index (χ1n) is 24.1. The van der Waals surface area contributed by atoms with Gasteiger partial charge in [0.1, 0.15) is 44.3 Å². The molecule has 3 aromatic heterocycles. The lowest BCUT2D eigenvalue weighted by atomic mass is 10.0. The Balaban J connectivity index is 0.975. The molecule has 3 fully saturated rings. The molecule has 2 saturated heterocycles. The van der Waals surface area contributed by atoms with Crippen molar-refractivity contribution in [3.63, 3.8) is 0 Å². The van der Waals surface area contributed by atoms with Crippen molar-refractivity contribution < 1.29 is 28.7 Å². The van der Waals surface area contributed by atoms with Crippen LogP contribution >= 0.6 is 31.9 Å². The van der Waals surface area contributed by atoms with Crippen LogP contribution in [0.1, 0.15) is 101 Å².